The van der Waals surface area contributed by atoms with Crippen LogP contribution in [0, 0.1) is 0 Å². The molecule has 0 aliphatic carbocycles. The van der Waals surface area contributed by atoms with Crippen molar-refractivity contribution in [3.05, 3.63) is 81.9 Å². The number of esters is 1. The zero-order chi connectivity index (χ0) is 20.7. The summed E-state index contributed by atoms with van der Waals surface area (Å²) in [7, 11) is 1.30. The molecule has 6 heteroatoms. The smallest absolute Gasteiger partial charge is 0.336 e. The maximum absolute atomic E-state index is 12.1. The average Bonchev–Trinajstić information content (AvgIpc) is 2.73. The quantitative estimate of drug-likeness (QED) is 0.202. The zero-order valence-electron chi connectivity index (χ0n) is 16.2. The van der Waals surface area contributed by atoms with Crippen LogP contribution in [0.5, 0.6) is 0 Å². The molecule has 0 amide bonds. The van der Waals surface area contributed by atoms with Crippen LogP contribution in [0.4, 0.5) is 0 Å². The maximum Gasteiger partial charge on any atom is 0.336 e. The fourth-order valence-electron chi connectivity index (χ4n) is 2.92. The molecule has 0 aliphatic rings. The van der Waals surface area contributed by atoms with Gasteiger partial charge in [-0.25, -0.2) is 14.6 Å². The van der Waals surface area contributed by atoms with E-state index >= 15 is 0 Å². The molecule has 0 N–H and O–H groups in total. The van der Waals surface area contributed by atoms with E-state index in [1.165, 1.54) is 7.11 Å². The van der Waals surface area contributed by atoms with Crippen molar-refractivity contribution in [3.63, 3.8) is 0 Å². The van der Waals surface area contributed by atoms with Crippen LogP contribution in [0.3, 0.4) is 0 Å². The van der Waals surface area contributed by atoms with Gasteiger partial charge in [0, 0.05) is 0 Å². The molecule has 2 rings (SSSR count). The highest BCUT2D eigenvalue weighted by molar-refractivity contribution is 6.42. The van der Waals surface area contributed by atoms with E-state index in [1.807, 2.05) is 50.2 Å². The summed E-state index contributed by atoms with van der Waals surface area (Å²) in [6, 6.07) is 14.6. The van der Waals surface area contributed by atoms with Gasteiger partial charge in [0.25, 0.3) is 0 Å². The number of methoxy groups -OCH3 is 1. The third-order valence-corrected chi connectivity index (χ3v) is 5.50. The highest BCUT2D eigenvalue weighted by Crippen LogP contribution is 2.38. The first-order valence-electron chi connectivity index (χ1n) is 9.00. The van der Waals surface area contributed by atoms with E-state index < -0.39 is 17.7 Å². The Kier molecular flexibility index (Phi) is 8.08. The molecule has 1 atom stereocenters. The van der Waals surface area contributed by atoms with E-state index in [0.717, 1.165) is 11.1 Å². The van der Waals surface area contributed by atoms with Crippen molar-refractivity contribution in [1.82, 2.24) is 0 Å². The van der Waals surface area contributed by atoms with Gasteiger partial charge in [-0.2, -0.15) is 0 Å². The van der Waals surface area contributed by atoms with Gasteiger partial charge in [0.05, 0.1) is 22.7 Å². The van der Waals surface area contributed by atoms with Gasteiger partial charge < -0.3 is 4.74 Å². The first-order valence-corrected chi connectivity index (χ1v) is 9.76. The van der Waals surface area contributed by atoms with Crippen LogP contribution in [0.1, 0.15) is 43.9 Å². The third kappa shape index (κ3) is 4.95. The molecule has 0 spiro atoms. The van der Waals surface area contributed by atoms with E-state index in [0.29, 0.717) is 22.9 Å². The van der Waals surface area contributed by atoms with E-state index in [4.69, 9.17) is 37.7 Å². The largest absolute Gasteiger partial charge is 0.466 e. The van der Waals surface area contributed by atoms with E-state index in [2.05, 4.69) is 6.58 Å². The fraction of sp³-hybridized carbons (Fsp3) is 0.318. The van der Waals surface area contributed by atoms with Crippen molar-refractivity contribution in [2.75, 3.05) is 7.11 Å². The van der Waals surface area contributed by atoms with Crippen molar-refractivity contribution >= 4 is 29.2 Å². The predicted octanol–water partition coefficient (Wildman–Crippen LogP) is 6.43. The van der Waals surface area contributed by atoms with Crippen LogP contribution in [-0.2, 0) is 24.9 Å². The van der Waals surface area contributed by atoms with Crippen LogP contribution < -0.4 is 0 Å². The Balaban J connectivity index is 2.35. The lowest BCUT2D eigenvalue weighted by Crippen LogP contribution is -2.30. The lowest BCUT2D eigenvalue weighted by atomic mass is 9.88. The molecule has 150 valence electrons. The van der Waals surface area contributed by atoms with Crippen LogP contribution in [0.25, 0.3) is 0 Å². The SMILES string of the molecule is C=C(C(=O)OC)[C@@H](OOC(CC)(CC)c1ccc(Cl)c(Cl)c1)c1ccccc1. The summed E-state index contributed by atoms with van der Waals surface area (Å²) >= 11 is 12.2. The Morgan fingerprint density at radius 3 is 2.25 bits per heavy atom. The number of rotatable bonds is 9. The van der Waals surface area contributed by atoms with E-state index in [1.54, 1.807) is 12.1 Å². The maximum atomic E-state index is 12.1. The third-order valence-electron chi connectivity index (χ3n) is 4.76. The summed E-state index contributed by atoms with van der Waals surface area (Å²) in [6.07, 6.45) is 0.426. The lowest BCUT2D eigenvalue weighted by molar-refractivity contribution is -0.388. The highest BCUT2D eigenvalue weighted by atomic mass is 35.5. The number of hydrogen-bond donors (Lipinski definition) is 0. The van der Waals surface area contributed by atoms with Crippen LogP contribution in [-0.4, -0.2) is 13.1 Å². The molecule has 2 aromatic rings. The summed E-state index contributed by atoms with van der Waals surface area (Å²) in [5, 5.41) is 0.904. The Bertz CT molecular complexity index is 817. The Hall–Kier alpha value is -1.85. The second-order valence-electron chi connectivity index (χ2n) is 6.32. The van der Waals surface area contributed by atoms with Gasteiger partial charge in [0.1, 0.15) is 11.7 Å². The minimum absolute atomic E-state index is 0.143. The standard InChI is InChI=1S/C22H24Cl2O4/c1-5-22(6-2,17-12-13-18(23)19(24)14-17)28-27-20(15(3)21(25)26-4)16-10-8-7-9-11-16/h7-14,20H,3,5-6H2,1-2,4H3/t20-/m1/s1. The van der Waals surface area contributed by atoms with Crippen molar-refractivity contribution in [3.8, 4) is 0 Å². The van der Waals surface area contributed by atoms with Gasteiger partial charge in [-0.15, -0.1) is 0 Å². The summed E-state index contributed by atoms with van der Waals surface area (Å²) < 4.78 is 4.81. The number of halogens is 2. The average molecular weight is 423 g/mol. The second kappa shape index (κ2) is 10.1. The van der Waals surface area contributed by atoms with Gasteiger partial charge in [-0.1, -0.05) is 80.0 Å². The molecule has 0 bridgehead atoms. The monoisotopic (exact) mass is 422 g/mol. The number of ether oxygens (including phenoxy) is 1. The van der Waals surface area contributed by atoms with E-state index in [9.17, 15) is 4.79 Å². The first kappa shape index (κ1) is 22.4. The molecule has 28 heavy (non-hydrogen) atoms. The van der Waals surface area contributed by atoms with Gasteiger partial charge in [0.15, 0.2) is 0 Å². The number of benzene rings is 2. The molecule has 0 aromatic heterocycles. The van der Waals surface area contributed by atoms with Crippen LogP contribution >= 0.6 is 23.2 Å². The summed E-state index contributed by atoms with van der Waals surface area (Å²) in [6.45, 7) is 7.81. The summed E-state index contributed by atoms with van der Waals surface area (Å²) in [4.78, 5) is 23.8. The Morgan fingerprint density at radius 2 is 1.71 bits per heavy atom. The Morgan fingerprint density at radius 1 is 1.07 bits per heavy atom. The second-order valence-corrected chi connectivity index (χ2v) is 7.13. The minimum Gasteiger partial charge on any atom is -0.466 e. The van der Waals surface area contributed by atoms with Crippen molar-refractivity contribution in [1.29, 1.82) is 0 Å². The molecule has 0 aliphatic heterocycles. The molecule has 0 saturated carbocycles. The highest BCUT2D eigenvalue weighted by Gasteiger charge is 2.34. The molecular weight excluding hydrogens is 399 g/mol. The van der Waals surface area contributed by atoms with Crippen molar-refractivity contribution in [2.45, 2.75) is 38.4 Å². The van der Waals surface area contributed by atoms with Crippen LogP contribution in [0.15, 0.2) is 60.7 Å². The lowest BCUT2D eigenvalue weighted by Gasteiger charge is -2.33. The molecule has 0 heterocycles. The van der Waals surface area contributed by atoms with Crippen molar-refractivity contribution in [2.24, 2.45) is 0 Å². The topological polar surface area (TPSA) is 44.8 Å². The number of carbonyl (C=O) groups excluding carboxylic acids is 1. The molecule has 0 fully saturated rings. The molecule has 0 saturated heterocycles. The molecule has 0 unspecified atom stereocenters. The van der Waals surface area contributed by atoms with Gasteiger partial charge in [-0.3, -0.25) is 0 Å². The number of hydrogen-bond acceptors (Lipinski definition) is 4. The van der Waals surface area contributed by atoms with Gasteiger partial charge >= 0.3 is 5.97 Å². The van der Waals surface area contributed by atoms with E-state index in [-0.39, 0.29) is 5.57 Å². The molecule has 2 aromatic carbocycles. The molecule has 4 nitrogen and oxygen atoms in total. The normalized spacial score (nSPS) is 12.5. The minimum atomic E-state index is -0.811. The Labute approximate surface area is 175 Å². The predicted molar refractivity (Wildman–Crippen MR) is 111 cm³/mol. The summed E-state index contributed by atoms with van der Waals surface area (Å²) in [5.41, 5.74) is 0.942. The molecular formula is C22H24Cl2O4. The van der Waals surface area contributed by atoms with Gasteiger partial charge in [-0.05, 0) is 36.1 Å². The number of carbonyl (C=O) groups is 1. The van der Waals surface area contributed by atoms with Crippen molar-refractivity contribution < 1.29 is 19.3 Å². The zero-order valence-corrected chi connectivity index (χ0v) is 17.7. The van der Waals surface area contributed by atoms with Crippen LogP contribution in [0.2, 0.25) is 10.0 Å². The summed E-state index contributed by atoms with van der Waals surface area (Å²) in [5.74, 6) is -0.564. The molecule has 0 radical (unpaired) electrons. The first-order chi connectivity index (χ1) is 13.4. The fourth-order valence-corrected chi connectivity index (χ4v) is 3.22. The van der Waals surface area contributed by atoms with Gasteiger partial charge in [0.2, 0.25) is 0 Å².